The maximum absolute atomic E-state index is 11.5. The van der Waals surface area contributed by atoms with Crippen molar-refractivity contribution in [2.45, 2.75) is 27.2 Å². The maximum atomic E-state index is 11.5. The Bertz CT molecular complexity index is 331. The van der Waals surface area contributed by atoms with E-state index in [0.29, 0.717) is 0 Å². The highest BCUT2D eigenvalue weighted by Gasteiger charge is 2.17. The fourth-order valence-electron chi connectivity index (χ4n) is 1.10. The lowest BCUT2D eigenvalue weighted by molar-refractivity contribution is -0.146. The Morgan fingerprint density at radius 3 is 1.94 bits per heavy atom. The minimum Gasteiger partial charge on any atom is -0.466 e. The Morgan fingerprint density at radius 1 is 0.889 bits per heavy atom. The number of hydrogen-bond acceptors (Lipinski definition) is 6. The van der Waals surface area contributed by atoms with Crippen LogP contribution >= 0.6 is 0 Å². The molecule has 0 aliphatic rings. The minimum absolute atomic E-state index is 0.0752. The predicted octanol–water partition coefficient (Wildman–Crippen LogP) is 0.992. The number of ether oxygens (including phenoxy) is 3. The highest BCUT2D eigenvalue weighted by Crippen LogP contribution is 2.07. The van der Waals surface area contributed by atoms with Gasteiger partial charge in [-0.25, -0.2) is 9.59 Å². The first-order chi connectivity index (χ1) is 8.54. The van der Waals surface area contributed by atoms with Gasteiger partial charge in [0.1, 0.15) is 0 Å². The molecule has 0 spiro atoms. The summed E-state index contributed by atoms with van der Waals surface area (Å²) in [6, 6.07) is 0. The molecule has 0 bridgehead atoms. The molecule has 0 heterocycles. The average Bonchev–Trinajstić information content (AvgIpc) is 2.29. The minimum atomic E-state index is -0.724. The molecule has 0 saturated carbocycles. The Morgan fingerprint density at radius 2 is 1.44 bits per heavy atom. The van der Waals surface area contributed by atoms with Gasteiger partial charge in [0.05, 0.1) is 31.8 Å². The number of carbonyl (C=O) groups is 3. The van der Waals surface area contributed by atoms with Gasteiger partial charge in [0, 0.05) is 6.08 Å². The van der Waals surface area contributed by atoms with E-state index >= 15 is 0 Å². The fraction of sp³-hybridized carbons (Fsp3) is 0.583. The highest BCUT2D eigenvalue weighted by atomic mass is 16.5. The summed E-state index contributed by atoms with van der Waals surface area (Å²) in [5.74, 6) is -2.01. The molecule has 18 heavy (non-hydrogen) atoms. The van der Waals surface area contributed by atoms with E-state index in [2.05, 4.69) is 4.74 Å². The smallest absolute Gasteiger partial charge is 0.334 e. The van der Waals surface area contributed by atoms with Crippen LogP contribution in [0.4, 0.5) is 0 Å². The normalized spacial score (nSPS) is 10.7. The monoisotopic (exact) mass is 258 g/mol. The number of esters is 3. The van der Waals surface area contributed by atoms with Crippen LogP contribution < -0.4 is 0 Å². The van der Waals surface area contributed by atoms with E-state index in [1.165, 1.54) is 0 Å². The third-order valence-corrected chi connectivity index (χ3v) is 1.76. The average molecular weight is 258 g/mol. The fourth-order valence-corrected chi connectivity index (χ4v) is 1.10. The number of carbonyl (C=O) groups excluding carboxylic acids is 3. The summed E-state index contributed by atoms with van der Waals surface area (Å²) in [5, 5.41) is 0. The molecule has 0 aromatic heterocycles. The van der Waals surface area contributed by atoms with E-state index in [9.17, 15) is 14.4 Å². The molecule has 6 nitrogen and oxygen atoms in total. The highest BCUT2D eigenvalue weighted by molar-refractivity contribution is 5.99. The standard InChI is InChI=1S/C12H18O6/c1-4-16-10(13)7-9(12(15)18-6-3)8-11(14)17-5-2/h7H,4-6,8H2,1-3H3/b9-7-. The van der Waals surface area contributed by atoms with Crippen LogP contribution in [0, 0.1) is 0 Å². The summed E-state index contributed by atoms with van der Waals surface area (Å²) >= 11 is 0. The zero-order valence-corrected chi connectivity index (χ0v) is 10.9. The van der Waals surface area contributed by atoms with E-state index in [4.69, 9.17) is 9.47 Å². The Kier molecular flexibility index (Phi) is 8.26. The third kappa shape index (κ3) is 6.67. The van der Waals surface area contributed by atoms with Crippen LogP contribution in [0.1, 0.15) is 27.2 Å². The summed E-state index contributed by atoms with van der Waals surface area (Å²) < 4.78 is 14.1. The van der Waals surface area contributed by atoms with Gasteiger partial charge in [-0.3, -0.25) is 4.79 Å². The molecule has 0 amide bonds. The summed E-state index contributed by atoms with van der Waals surface area (Å²) in [7, 11) is 0. The summed E-state index contributed by atoms with van der Waals surface area (Å²) in [4.78, 5) is 34.0. The van der Waals surface area contributed by atoms with Crippen molar-refractivity contribution in [3.8, 4) is 0 Å². The number of rotatable bonds is 7. The molecule has 0 N–H and O–H groups in total. The van der Waals surface area contributed by atoms with Gasteiger partial charge in [0.15, 0.2) is 0 Å². The van der Waals surface area contributed by atoms with Crippen molar-refractivity contribution < 1.29 is 28.6 Å². The molecule has 0 aliphatic carbocycles. The van der Waals surface area contributed by atoms with Crippen LogP contribution in [0.5, 0.6) is 0 Å². The molecule has 0 saturated heterocycles. The third-order valence-electron chi connectivity index (χ3n) is 1.76. The molecule has 0 aliphatic heterocycles. The van der Waals surface area contributed by atoms with Gasteiger partial charge in [0.25, 0.3) is 0 Å². The second-order valence-corrected chi connectivity index (χ2v) is 3.12. The van der Waals surface area contributed by atoms with Crippen LogP contribution in [0.15, 0.2) is 11.6 Å². The van der Waals surface area contributed by atoms with Crippen LogP contribution in [0.2, 0.25) is 0 Å². The van der Waals surface area contributed by atoms with E-state index in [0.717, 1.165) is 6.08 Å². The Labute approximate surface area is 106 Å². The first kappa shape index (κ1) is 16.1. The molecule has 102 valence electrons. The van der Waals surface area contributed by atoms with Gasteiger partial charge < -0.3 is 14.2 Å². The number of hydrogen-bond donors (Lipinski definition) is 0. The summed E-state index contributed by atoms with van der Waals surface area (Å²) in [6.45, 7) is 5.46. The van der Waals surface area contributed by atoms with Crippen molar-refractivity contribution in [2.75, 3.05) is 19.8 Å². The van der Waals surface area contributed by atoms with E-state index in [1.54, 1.807) is 20.8 Å². The Hall–Kier alpha value is -1.85. The van der Waals surface area contributed by atoms with Crippen molar-refractivity contribution >= 4 is 17.9 Å². The topological polar surface area (TPSA) is 78.9 Å². The van der Waals surface area contributed by atoms with Gasteiger partial charge in [0.2, 0.25) is 0 Å². The lowest BCUT2D eigenvalue weighted by Gasteiger charge is -2.06. The van der Waals surface area contributed by atoms with Gasteiger partial charge in [-0.05, 0) is 20.8 Å². The molecule has 0 aromatic rings. The zero-order valence-electron chi connectivity index (χ0n) is 10.9. The second-order valence-electron chi connectivity index (χ2n) is 3.12. The second kappa shape index (κ2) is 9.21. The molecule has 0 fully saturated rings. The van der Waals surface area contributed by atoms with Crippen molar-refractivity contribution in [3.05, 3.63) is 11.6 Å². The summed E-state index contributed by atoms with van der Waals surface area (Å²) in [5.41, 5.74) is -0.0752. The maximum Gasteiger partial charge on any atom is 0.334 e. The van der Waals surface area contributed by atoms with Crippen molar-refractivity contribution in [1.82, 2.24) is 0 Å². The molecular weight excluding hydrogens is 240 g/mol. The molecule has 0 unspecified atom stereocenters. The van der Waals surface area contributed by atoms with Gasteiger partial charge in [-0.2, -0.15) is 0 Å². The lowest BCUT2D eigenvalue weighted by atomic mass is 10.2. The molecule has 0 rings (SSSR count). The van der Waals surface area contributed by atoms with Crippen molar-refractivity contribution in [2.24, 2.45) is 0 Å². The van der Waals surface area contributed by atoms with E-state index < -0.39 is 17.9 Å². The quantitative estimate of drug-likeness (QED) is 0.385. The molecule has 0 atom stereocenters. The largest absolute Gasteiger partial charge is 0.466 e. The van der Waals surface area contributed by atoms with Crippen molar-refractivity contribution in [1.29, 1.82) is 0 Å². The first-order valence-corrected chi connectivity index (χ1v) is 5.75. The van der Waals surface area contributed by atoms with Crippen LogP contribution in [-0.4, -0.2) is 37.7 Å². The predicted molar refractivity (Wildman–Crippen MR) is 62.6 cm³/mol. The van der Waals surface area contributed by atoms with Crippen LogP contribution in [0.3, 0.4) is 0 Å². The van der Waals surface area contributed by atoms with Crippen molar-refractivity contribution in [3.63, 3.8) is 0 Å². The molecule has 6 heteroatoms. The van der Waals surface area contributed by atoms with E-state index in [-0.39, 0.29) is 31.8 Å². The van der Waals surface area contributed by atoms with Gasteiger partial charge in [-0.15, -0.1) is 0 Å². The zero-order chi connectivity index (χ0) is 14.0. The molecule has 0 aromatic carbocycles. The lowest BCUT2D eigenvalue weighted by Crippen LogP contribution is -2.15. The summed E-state index contributed by atoms with van der Waals surface area (Å²) in [6.07, 6.45) is 0.643. The van der Waals surface area contributed by atoms with Gasteiger partial charge in [-0.1, -0.05) is 0 Å². The Balaban J connectivity index is 4.76. The van der Waals surface area contributed by atoms with Gasteiger partial charge >= 0.3 is 17.9 Å². The van der Waals surface area contributed by atoms with Crippen LogP contribution in [-0.2, 0) is 28.6 Å². The molecular formula is C12H18O6. The van der Waals surface area contributed by atoms with E-state index in [1.807, 2.05) is 0 Å². The first-order valence-electron chi connectivity index (χ1n) is 5.75. The molecule has 0 radical (unpaired) electrons. The van der Waals surface area contributed by atoms with Crippen LogP contribution in [0.25, 0.3) is 0 Å². The SMILES string of the molecule is CCOC(=O)/C=C(/CC(=O)OCC)C(=O)OCC.